The average molecular weight is 558 g/mol. The Kier molecular flexibility index (Phi) is 7.65. The molecule has 11 heteroatoms. The summed E-state index contributed by atoms with van der Waals surface area (Å²) >= 11 is 1.05. The van der Waals surface area contributed by atoms with Gasteiger partial charge in [-0.3, -0.25) is 8.86 Å². The van der Waals surface area contributed by atoms with Gasteiger partial charge in [0.1, 0.15) is 11.5 Å². The Hall–Kier alpha value is -3.46. The van der Waals surface area contributed by atoms with Crippen LogP contribution in [0.15, 0.2) is 59.2 Å². The minimum Gasteiger partial charge on any atom is -0.482 e. The second kappa shape index (κ2) is 10.9. The number of aromatic nitrogens is 1. The van der Waals surface area contributed by atoms with Crippen LogP contribution in [0, 0.1) is 11.3 Å². The maximum absolute atomic E-state index is 12.5. The molecule has 1 heterocycles. The van der Waals surface area contributed by atoms with E-state index in [1.54, 1.807) is 42.5 Å². The van der Waals surface area contributed by atoms with Crippen LogP contribution in [0.4, 0.5) is 5.69 Å². The smallest absolute Gasteiger partial charge is 0.341 e. The number of anilines is 1. The van der Waals surface area contributed by atoms with E-state index in [4.69, 9.17) is 19.8 Å². The number of nitriles is 1. The fourth-order valence-electron chi connectivity index (χ4n) is 4.04. The van der Waals surface area contributed by atoms with Gasteiger partial charge in [0.15, 0.2) is 6.61 Å². The Morgan fingerprint density at radius 3 is 2.80 bits per heavy atom. The van der Waals surface area contributed by atoms with Crippen LogP contribution in [0.25, 0.3) is 0 Å². The molecule has 0 radical (unpaired) electrons. The zero-order valence-electron chi connectivity index (χ0n) is 18.3. The molecule has 2 atom stereocenters. The summed E-state index contributed by atoms with van der Waals surface area (Å²) in [6, 6.07) is 15.2. The van der Waals surface area contributed by atoms with Crippen molar-refractivity contribution < 1.29 is 28.1 Å². The van der Waals surface area contributed by atoms with Crippen molar-refractivity contribution in [3.05, 3.63) is 75.9 Å². The molecule has 0 saturated heterocycles. The number of pyridine rings is 1. The van der Waals surface area contributed by atoms with Gasteiger partial charge < -0.3 is 14.6 Å². The number of benzene rings is 2. The van der Waals surface area contributed by atoms with E-state index in [0.717, 1.165) is 17.5 Å². The zero-order valence-corrected chi connectivity index (χ0v) is 20.7. The van der Waals surface area contributed by atoms with Gasteiger partial charge in [-0.05, 0) is 76.7 Å². The molecule has 9 nitrogen and oxygen atoms in total. The summed E-state index contributed by atoms with van der Waals surface area (Å²) in [5, 5.41) is 18.0. The minimum atomic E-state index is -2.37. The molecule has 0 aliphatic heterocycles. The summed E-state index contributed by atoms with van der Waals surface area (Å²) in [6.45, 7) is -0.466. The number of carboxylic acid groups (broad SMARTS) is 1. The molecule has 2 unspecified atom stereocenters. The number of rotatable bonds is 8. The summed E-state index contributed by atoms with van der Waals surface area (Å²) in [5.74, 6) is 0.0511. The number of hydrogen-bond acceptors (Lipinski definition) is 6. The molecule has 1 aliphatic carbocycles. The van der Waals surface area contributed by atoms with Crippen LogP contribution in [-0.2, 0) is 22.5 Å². The van der Waals surface area contributed by atoms with Crippen molar-refractivity contribution in [2.45, 2.75) is 25.3 Å². The van der Waals surface area contributed by atoms with E-state index in [1.165, 1.54) is 10.5 Å². The Morgan fingerprint density at radius 1 is 1.29 bits per heavy atom. The summed E-state index contributed by atoms with van der Waals surface area (Å²) in [4.78, 5) is 15.3. The van der Waals surface area contributed by atoms with Crippen LogP contribution in [0.2, 0.25) is 0 Å². The van der Waals surface area contributed by atoms with E-state index in [-0.39, 0.29) is 5.88 Å². The van der Waals surface area contributed by atoms with Gasteiger partial charge in [-0.15, -0.1) is 0 Å². The maximum atomic E-state index is 12.5. The van der Waals surface area contributed by atoms with Crippen LogP contribution >= 0.6 is 15.9 Å². The molecule has 2 aromatic carbocycles. The number of ether oxygens (including phenoxy) is 2. The van der Waals surface area contributed by atoms with Gasteiger partial charge in [-0.2, -0.15) is 5.26 Å². The monoisotopic (exact) mass is 557 g/mol. The maximum Gasteiger partial charge on any atom is 0.341 e. The number of carbonyl (C=O) groups is 1. The van der Waals surface area contributed by atoms with Crippen molar-refractivity contribution in [1.29, 1.82) is 5.26 Å². The largest absolute Gasteiger partial charge is 0.482 e. The standard InChI is InChI=1S/C24H20BrN3O6S/c25-20-11-16(13-27-24(20)34-17-5-1-4-15(10-17)12-26)28(35(31)32)21-8-2-7-19-18(21)6-3-9-22(19)33-14-23(29)30/h1,3-6,9-11,13,21H,2,7-8,14H2,(H,29,30)(H,31,32). The SMILES string of the molecule is N#Cc1cccc(Oc2ncc(N(C3CCCc4c(OCC(=O)O)cccc43)S(=O)O)cc2Br)c1. The lowest BCUT2D eigenvalue weighted by atomic mass is 9.87. The van der Waals surface area contributed by atoms with Crippen molar-refractivity contribution >= 4 is 38.9 Å². The molecule has 3 aromatic rings. The van der Waals surface area contributed by atoms with Crippen LogP contribution in [0.3, 0.4) is 0 Å². The van der Waals surface area contributed by atoms with E-state index in [2.05, 4.69) is 20.9 Å². The Bertz CT molecular complexity index is 1330. The zero-order chi connectivity index (χ0) is 24.9. The van der Waals surface area contributed by atoms with Crippen molar-refractivity contribution in [3.8, 4) is 23.4 Å². The molecule has 0 bridgehead atoms. The number of nitrogens with zero attached hydrogens (tertiary/aromatic N) is 3. The summed E-state index contributed by atoms with van der Waals surface area (Å²) < 4.78 is 35.8. The summed E-state index contributed by atoms with van der Waals surface area (Å²) in [6.07, 6.45) is 3.45. The quantitative estimate of drug-likeness (QED) is 0.370. The van der Waals surface area contributed by atoms with Gasteiger partial charge in [0.05, 0.1) is 34.0 Å². The first-order valence-corrected chi connectivity index (χ1v) is 12.4. The molecule has 1 aliphatic rings. The van der Waals surface area contributed by atoms with E-state index < -0.39 is 29.9 Å². The van der Waals surface area contributed by atoms with Crippen molar-refractivity contribution in [2.24, 2.45) is 0 Å². The fraction of sp³-hybridized carbons (Fsp3) is 0.208. The van der Waals surface area contributed by atoms with Gasteiger partial charge in [0, 0.05) is 0 Å². The van der Waals surface area contributed by atoms with Gasteiger partial charge in [0.2, 0.25) is 5.88 Å². The van der Waals surface area contributed by atoms with E-state index in [0.29, 0.717) is 40.1 Å². The Labute approximate surface area is 212 Å². The lowest BCUT2D eigenvalue weighted by Crippen LogP contribution is -2.33. The summed E-state index contributed by atoms with van der Waals surface area (Å²) in [7, 11) is 0. The van der Waals surface area contributed by atoms with Crippen LogP contribution in [-0.4, -0.2) is 31.4 Å². The highest BCUT2D eigenvalue weighted by molar-refractivity contribution is 9.10. The molecular weight excluding hydrogens is 538 g/mol. The highest BCUT2D eigenvalue weighted by Crippen LogP contribution is 2.42. The number of hydrogen-bond donors (Lipinski definition) is 2. The third-order valence-corrected chi connectivity index (χ3v) is 6.83. The van der Waals surface area contributed by atoms with Crippen molar-refractivity contribution in [2.75, 3.05) is 10.9 Å². The van der Waals surface area contributed by atoms with Gasteiger partial charge in [-0.1, -0.05) is 18.2 Å². The third-order valence-electron chi connectivity index (χ3n) is 5.46. The van der Waals surface area contributed by atoms with E-state index in [1.807, 2.05) is 12.1 Å². The third kappa shape index (κ3) is 5.62. The molecule has 0 amide bonds. The molecule has 1 aromatic heterocycles. The predicted octanol–water partition coefficient (Wildman–Crippen LogP) is 4.99. The Balaban J connectivity index is 1.64. The minimum absolute atomic E-state index is 0.237. The highest BCUT2D eigenvalue weighted by atomic mass is 79.9. The summed E-state index contributed by atoms with van der Waals surface area (Å²) in [5.41, 5.74) is 2.46. The number of fused-ring (bicyclic) bond motifs is 1. The first-order chi connectivity index (χ1) is 16.9. The van der Waals surface area contributed by atoms with Crippen molar-refractivity contribution in [3.63, 3.8) is 0 Å². The second-order valence-corrected chi connectivity index (χ2v) is 9.40. The molecule has 2 N–H and O–H groups in total. The molecule has 0 fully saturated rings. The second-order valence-electron chi connectivity index (χ2n) is 7.69. The average Bonchev–Trinajstić information content (AvgIpc) is 2.84. The molecule has 180 valence electrons. The Morgan fingerprint density at radius 2 is 2.09 bits per heavy atom. The molecule has 35 heavy (non-hydrogen) atoms. The highest BCUT2D eigenvalue weighted by Gasteiger charge is 2.32. The molecular formula is C24H20BrN3O6S. The van der Waals surface area contributed by atoms with E-state index >= 15 is 0 Å². The lowest BCUT2D eigenvalue weighted by Gasteiger charge is -2.35. The van der Waals surface area contributed by atoms with Crippen LogP contribution < -0.4 is 13.8 Å². The number of halogens is 1. The lowest BCUT2D eigenvalue weighted by molar-refractivity contribution is -0.139. The fourth-order valence-corrected chi connectivity index (χ4v) is 5.17. The molecule has 0 spiro atoms. The molecule has 4 rings (SSSR count). The van der Waals surface area contributed by atoms with Crippen molar-refractivity contribution in [1.82, 2.24) is 4.98 Å². The first kappa shape index (κ1) is 24.7. The normalized spacial score (nSPS) is 15.4. The number of aliphatic carboxylic acids is 1. The van der Waals surface area contributed by atoms with Crippen LogP contribution in [0.1, 0.15) is 35.6 Å². The van der Waals surface area contributed by atoms with Gasteiger partial charge >= 0.3 is 5.97 Å². The topological polar surface area (TPSA) is 133 Å². The molecule has 0 saturated carbocycles. The van der Waals surface area contributed by atoms with E-state index in [9.17, 15) is 13.6 Å². The number of carboxylic acids is 1. The van der Waals surface area contributed by atoms with Gasteiger partial charge in [-0.25, -0.2) is 14.0 Å². The van der Waals surface area contributed by atoms with Gasteiger partial charge in [0.25, 0.3) is 11.3 Å². The first-order valence-electron chi connectivity index (χ1n) is 10.6. The predicted molar refractivity (Wildman–Crippen MR) is 132 cm³/mol. The van der Waals surface area contributed by atoms with Crippen LogP contribution in [0.5, 0.6) is 17.4 Å².